The molecule has 0 radical (unpaired) electrons. The molecule has 0 N–H and O–H groups in total. The molecule has 1 heterocycles. The molecule has 1 aromatic rings. The predicted octanol–water partition coefficient (Wildman–Crippen LogP) is 3.52. The molecule has 0 fully saturated rings. The first kappa shape index (κ1) is 9.92. The summed E-state index contributed by atoms with van der Waals surface area (Å²) < 4.78 is 0.956. The number of aromatic nitrogens is 1. The molecule has 10 heavy (non-hydrogen) atoms. The van der Waals surface area contributed by atoms with Gasteiger partial charge in [0.25, 0.3) is 0 Å². The van der Waals surface area contributed by atoms with Gasteiger partial charge in [-0.2, -0.15) is 0 Å². The lowest BCUT2D eigenvalue weighted by atomic mass is 10.5. The highest BCUT2D eigenvalue weighted by atomic mass is 79.9. The van der Waals surface area contributed by atoms with Crippen molar-refractivity contribution in [2.45, 2.75) is 13.8 Å². The Labute approximate surface area is 74.6 Å². The molecule has 1 nitrogen and oxygen atoms in total. The Hall–Kier alpha value is -0.0800. The van der Waals surface area contributed by atoms with E-state index < -0.39 is 0 Å². The topological polar surface area (TPSA) is 12.9 Å². The van der Waals surface area contributed by atoms with Crippen LogP contribution in [0.5, 0.6) is 0 Å². The van der Waals surface area contributed by atoms with Gasteiger partial charge in [-0.3, -0.25) is 0 Å². The average Bonchev–Trinajstić information content (AvgIpc) is 1.91. The number of hydrogen-bond donors (Lipinski definition) is 0. The van der Waals surface area contributed by atoms with Crippen LogP contribution in [0.4, 0.5) is 0 Å². The molecule has 0 aromatic carbocycles. The summed E-state index contributed by atoms with van der Waals surface area (Å²) in [6.07, 6.45) is 1.65. The summed E-state index contributed by atoms with van der Waals surface area (Å²) in [5.74, 6) is 0. The second-order valence-electron chi connectivity index (χ2n) is 1.30. The van der Waals surface area contributed by atoms with Crippen molar-refractivity contribution in [2.24, 2.45) is 0 Å². The zero-order valence-electron chi connectivity index (χ0n) is 5.94. The van der Waals surface area contributed by atoms with Crippen molar-refractivity contribution >= 4 is 27.5 Å². The zero-order valence-corrected chi connectivity index (χ0v) is 8.28. The summed E-state index contributed by atoms with van der Waals surface area (Å²) in [4.78, 5) is 3.78. The minimum Gasteiger partial charge on any atom is -0.245 e. The summed E-state index contributed by atoms with van der Waals surface area (Å²) in [5, 5.41) is 0.513. The Kier molecular flexibility index (Phi) is 5.64. The monoisotopic (exact) mass is 221 g/mol. The molecule has 56 valence electrons. The van der Waals surface area contributed by atoms with E-state index in [4.69, 9.17) is 11.6 Å². The Morgan fingerprint density at radius 1 is 1.50 bits per heavy atom. The third kappa shape index (κ3) is 3.85. The molecule has 0 saturated carbocycles. The van der Waals surface area contributed by atoms with Crippen LogP contribution in [-0.2, 0) is 0 Å². The maximum atomic E-state index is 5.50. The Bertz CT molecular complexity index is 173. The molecule has 0 amide bonds. The van der Waals surface area contributed by atoms with E-state index >= 15 is 0 Å². The standard InChI is InChI=1S/C5H3BrClN.C2H6/c6-4-1-2-8-5(7)3-4;1-2/h1-3H;1-2H3. The third-order valence-electron chi connectivity index (χ3n) is 0.689. The minimum absolute atomic E-state index is 0.513. The van der Waals surface area contributed by atoms with Crippen molar-refractivity contribution in [3.05, 3.63) is 28.0 Å². The lowest BCUT2D eigenvalue weighted by Crippen LogP contribution is -1.69. The van der Waals surface area contributed by atoms with Gasteiger partial charge in [0.15, 0.2) is 0 Å². The summed E-state index contributed by atoms with van der Waals surface area (Å²) >= 11 is 8.74. The zero-order chi connectivity index (χ0) is 7.98. The molecule has 0 saturated heterocycles. The van der Waals surface area contributed by atoms with Gasteiger partial charge in [0, 0.05) is 10.7 Å². The molecule has 0 aliphatic heterocycles. The van der Waals surface area contributed by atoms with Crippen LogP contribution in [0.1, 0.15) is 13.8 Å². The quantitative estimate of drug-likeness (QED) is 0.612. The van der Waals surface area contributed by atoms with Crippen molar-refractivity contribution in [2.75, 3.05) is 0 Å². The van der Waals surface area contributed by atoms with E-state index in [1.165, 1.54) is 0 Å². The Morgan fingerprint density at radius 3 is 2.40 bits per heavy atom. The fraction of sp³-hybridized carbons (Fsp3) is 0.286. The number of pyridine rings is 1. The van der Waals surface area contributed by atoms with E-state index in [2.05, 4.69) is 20.9 Å². The van der Waals surface area contributed by atoms with Gasteiger partial charge in [0.2, 0.25) is 0 Å². The van der Waals surface area contributed by atoms with Crippen LogP contribution in [0.25, 0.3) is 0 Å². The molecule has 0 bridgehead atoms. The largest absolute Gasteiger partial charge is 0.245 e. The van der Waals surface area contributed by atoms with Crippen molar-refractivity contribution < 1.29 is 0 Å². The maximum Gasteiger partial charge on any atom is 0.130 e. The maximum absolute atomic E-state index is 5.50. The molecule has 0 spiro atoms. The van der Waals surface area contributed by atoms with Gasteiger partial charge in [-0.1, -0.05) is 41.4 Å². The first-order valence-corrected chi connectivity index (χ1v) is 4.23. The lowest BCUT2D eigenvalue weighted by Gasteiger charge is -1.86. The molecular weight excluding hydrogens is 213 g/mol. The lowest BCUT2D eigenvalue weighted by molar-refractivity contribution is 1.32. The minimum atomic E-state index is 0.513. The third-order valence-corrected chi connectivity index (χ3v) is 1.39. The molecule has 1 rings (SSSR count). The average molecular weight is 223 g/mol. The summed E-state index contributed by atoms with van der Waals surface area (Å²) in [7, 11) is 0. The summed E-state index contributed by atoms with van der Waals surface area (Å²) in [6.45, 7) is 4.00. The van der Waals surface area contributed by atoms with Gasteiger partial charge in [-0.05, 0) is 12.1 Å². The van der Waals surface area contributed by atoms with Gasteiger partial charge in [-0.25, -0.2) is 4.98 Å². The Morgan fingerprint density at radius 2 is 2.10 bits per heavy atom. The van der Waals surface area contributed by atoms with Gasteiger partial charge < -0.3 is 0 Å². The second-order valence-corrected chi connectivity index (χ2v) is 2.60. The predicted molar refractivity (Wildman–Crippen MR) is 48.3 cm³/mol. The molecule has 0 aliphatic carbocycles. The number of nitrogens with zero attached hydrogens (tertiary/aromatic N) is 1. The summed E-state index contributed by atoms with van der Waals surface area (Å²) in [6, 6.07) is 3.56. The van der Waals surface area contributed by atoms with Crippen LogP contribution in [0, 0.1) is 0 Å². The smallest absolute Gasteiger partial charge is 0.130 e. The van der Waals surface area contributed by atoms with Crippen LogP contribution in [0.2, 0.25) is 5.15 Å². The van der Waals surface area contributed by atoms with Crippen molar-refractivity contribution in [1.82, 2.24) is 4.98 Å². The fourth-order valence-corrected chi connectivity index (χ4v) is 1.02. The van der Waals surface area contributed by atoms with Crippen LogP contribution >= 0.6 is 27.5 Å². The Balaban J connectivity index is 0.000000371. The van der Waals surface area contributed by atoms with E-state index in [9.17, 15) is 0 Å². The van der Waals surface area contributed by atoms with Crippen LogP contribution in [0.15, 0.2) is 22.8 Å². The van der Waals surface area contributed by atoms with Crippen LogP contribution in [-0.4, -0.2) is 4.98 Å². The SMILES string of the molecule is CC.Clc1cc(Br)ccn1. The van der Waals surface area contributed by atoms with E-state index in [1.54, 1.807) is 12.3 Å². The highest BCUT2D eigenvalue weighted by Gasteiger charge is 1.86. The summed E-state index contributed by atoms with van der Waals surface area (Å²) in [5.41, 5.74) is 0. The molecule has 0 aliphatic rings. The van der Waals surface area contributed by atoms with Gasteiger partial charge >= 0.3 is 0 Å². The van der Waals surface area contributed by atoms with Gasteiger partial charge in [0.1, 0.15) is 5.15 Å². The van der Waals surface area contributed by atoms with Crippen LogP contribution < -0.4 is 0 Å². The highest BCUT2D eigenvalue weighted by molar-refractivity contribution is 9.10. The van der Waals surface area contributed by atoms with Crippen molar-refractivity contribution in [3.8, 4) is 0 Å². The molecular formula is C7H9BrClN. The number of rotatable bonds is 0. The van der Waals surface area contributed by atoms with E-state index in [0.717, 1.165) is 4.47 Å². The number of hydrogen-bond acceptors (Lipinski definition) is 1. The van der Waals surface area contributed by atoms with Gasteiger partial charge in [-0.15, -0.1) is 0 Å². The van der Waals surface area contributed by atoms with Crippen molar-refractivity contribution in [3.63, 3.8) is 0 Å². The van der Waals surface area contributed by atoms with Gasteiger partial charge in [0.05, 0.1) is 0 Å². The fourth-order valence-electron chi connectivity index (χ4n) is 0.379. The van der Waals surface area contributed by atoms with Crippen LogP contribution in [0.3, 0.4) is 0 Å². The molecule has 0 atom stereocenters. The molecule has 0 unspecified atom stereocenters. The van der Waals surface area contributed by atoms with E-state index in [-0.39, 0.29) is 0 Å². The first-order chi connectivity index (χ1) is 4.79. The second kappa shape index (κ2) is 5.69. The van der Waals surface area contributed by atoms with E-state index in [0.29, 0.717) is 5.15 Å². The highest BCUT2D eigenvalue weighted by Crippen LogP contribution is 2.11. The molecule has 3 heteroatoms. The first-order valence-electron chi connectivity index (χ1n) is 3.06. The number of halogens is 2. The van der Waals surface area contributed by atoms with Crippen molar-refractivity contribution in [1.29, 1.82) is 0 Å². The molecule has 1 aromatic heterocycles. The normalized spacial score (nSPS) is 8.00. The van der Waals surface area contributed by atoms with E-state index in [1.807, 2.05) is 19.9 Å².